The van der Waals surface area contributed by atoms with Crippen LogP contribution in [0.2, 0.25) is 0 Å². The first-order valence-corrected chi connectivity index (χ1v) is 5.83. The van der Waals surface area contributed by atoms with Crippen LogP contribution in [-0.4, -0.2) is 16.0 Å². The monoisotopic (exact) mass is 280 g/mol. The molecule has 16 heavy (non-hydrogen) atoms. The van der Waals surface area contributed by atoms with Crippen molar-refractivity contribution in [2.24, 2.45) is 5.73 Å². The fourth-order valence-electron chi connectivity index (χ4n) is 1.64. The number of fused-ring (bicyclic) bond motifs is 1. The largest absolute Gasteiger partial charge is 0.368 e. The standard InChI is InChI=1S/C11H13BrN4/c1-6(13)4-10-8-5-7(12)2-3-9(8)15-11(14)16-10/h2-3,5-6H,4,13H2,1H3,(H2,14,15,16). The number of hydrogen-bond acceptors (Lipinski definition) is 4. The highest BCUT2D eigenvalue weighted by molar-refractivity contribution is 9.10. The van der Waals surface area contributed by atoms with Crippen LogP contribution in [0.5, 0.6) is 0 Å². The molecule has 2 rings (SSSR count). The molecule has 5 heteroatoms. The maximum Gasteiger partial charge on any atom is 0.220 e. The molecule has 1 aromatic carbocycles. The number of anilines is 1. The summed E-state index contributed by atoms with van der Waals surface area (Å²) in [7, 11) is 0. The number of nitrogens with two attached hydrogens (primary N) is 2. The summed E-state index contributed by atoms with van der Waals surface area (Å²) >= 11 is 3.43. The van der Waals surface area contributed by atoms with Crippen molar-refractivity contribution in [1.82, 2.24) is 9.97 Å². The zero-order valence-electron chi connectivity index (χ0n) is 8.94. The lowest BCUT2D eigenvalue weighted by molar-refractivity contribution is 0.726. The number of nitrogen functional groups attached to an aromatic ring is 1. The average molecular weight is 281 g/mol. The first-order chi connectivity index (χ1) is 7.56. The van der Waals surface area contributed by atoms with Crippen LogP contribution in [0.3, 0.4) is 0 Å². The molecule has 1 heterocycles. The zero-order valence-corrected chi connectivity index (χ0v) is 10.5. The second-order valence-electron chi connectivity index (χ2n) is 3.87. The lowest BCUT2D eigenvalue weighted by Crippen LogP contribution is -2.19. The Morgan fingerprint density at radius 1 is 1.38 bits per heavy atom. The third-order valence-corrected chi connectivity index (χ3v) is 2.76. The number of nitrogens with zero attached hydrogens (tertiary/aromatic N) is 2. The maximum absolute atomic E-state index is 5.79. The van der Waals surface area contributed by atoms with E-state index in [9.17, 15) is 0 Å². The van der Waals surface area contributed by atoms with Gasteiger partial charge in [-0.2, -0.15) is 0 Å². The third kappa shape index (κ3) is 2.31. The summed E-state index contributed by atoms with van der Waals surface area (Å²) in [5.41, 5.74) is 13.2. The molecular formula is C11H13BrN4. The smallest absolute Gasteiger partial charge is 0.220 e. The van der Waals surface area contributed by atoms with Crippen molar-refractivity contribution in [3.63, 3.8) is 0 Å². The van der Waals surface area contributed by atoms with Crippen LogP contribution in [-0.2, 0) is 6.42 Å². The molecule has 0 aliphatic rings. The Hall–Kier alpha value is -1.20. The quantitative estimate of drug-likeness (QED) is 0.880. The molecule has 4 N–H and O–H groups in total. The Bertz CT molecular complexity index is 525. The van der Waals surface area contributed by atoms with Crippen molar-refractivity contribution in [2.45, 2.75) is 19.4 Å². The molecule has 1 atom stereocenters. The van der Waals surface area contributed by atoms with Crippen molar-refractivity contribution in [1.29, 1.82) is 0 Å². The van der Waals surface area contributed by atoms with E-state index in [1.165, 1.54) is 0 Å². The van der Waals surface area contributed by atoms with Crippen molar-refractivity contribution >= 4 is 32.8 Å². The van der Waals surface area contributed by atoms with Gasteiger partial charge < -0.3 is 11.5 Å². The minimum atomic E-state index is 0.0523. The molecule has 0 saturated carbocycles. The Balaban J connectivity index is 2.64. The van der Waals surface area contributed by atoms with Crippen LogP contribution in [0.15, 0.2) is 22.7 Å². The van der Waals surface area contributed by atoms with Gasteiger partial charge in [0.2, 0.25) is 5.95 Å². The van der Waals surface area contributed by atoms with E-state index in [1.54, 1.807) is 0 Å². The molecule has 0 saturated heterocycles. The molecule has 2 aromatic rings. The van der Waals surface area contributed by atoms with E-state index < -0.39 is 0 Å². The van der Waals surface area contributed by atoms with Gasteiger partial charge >= 0.3 is 0 Å². The van der Waals surface area contributed by atoms with Gasteiger partial charge in [0.05, 0.1) is 11.2 Å². The van der Waals surface area contributed by atoms with Crippen LogP contribution in [0.25, 0.3) is 10.9 Å². The van der Waals surface area contributed by atoms with E-state index in [2.05, 4.69) is 25.9 Å². The van der Waals surface area contributed by atoms with Gasteiger partial charge in [0, 0.05) is 22.3 Å². The van der Waals surface area contributed by atoms with Gasteiger partial charge in [-0.05, 0) is 25.1 Å². The molecule has 4 nitrogen and oxygen atoms in total. The molecule has 1 unspecified atom stereocenters. The molecule has 0 radical (unpaired) electrons. The summed E-state index contributed by atoms with van der Waals surface area (Å²) in [6.45, 7) is 1.95. The fraction of sp³-hybridized carbons (Fsp3) is 0.273. The second-order valence-corrected chi connectivity index (χ2v) is 4.79. The van der Waals surface area contributed by atoms with Gasteiger partial charge in [-0.3, -0.25) is 0 Å². The highest BCUT2D eigenvalue weighted by Crippen LogP contribution is 2.22. The zero-order chi connectivity index (χ0) is 11.7. The summed E-state index contributed by atoms with van der Waals surface area (Å²) in [6.07, 6.45) is 0.694. The summed E-state index contributed by atoms with van der Waals surface area (Å²) in [5, 5.41) is 1.00. The summed E-state index contributed by atoms with van der Waals surface area (Å²) in [4.78, 5) is 8.44. The molecule has 0 aliphatic heterocycles. The highest BCUT2D eigenvalue weighted by Gasteiger charge is 2.08. The van der Waals surface area contributed by atoms with Gasteiger partial charge in [0.25, 0.3) is 0 Å². The molecule has 0 amide bonds. The molecule has 0 bridgehead atoms. The van der Waals surface area contributed by atoms with Gasteiger partial charge in [-0.15, -0.1) is 0 Å². The van der Waals surface area contributed by atoms with Gasteiger partial charge in [-0.1, -0.05) is 15.9 Å². The normalized spacial score (nSPS) is 12.9. The highest BCUT2D eigenvalue weighted by atomic mass is 79.9. The molecule has 0 spiro atoms. The van der Waals surface area contributed by atoms with Crippen molar-refractivity contribution in [3.05, 3.63) is 28.4 Å². The maximum atomic E-state index is 5.79. The van der Waals surface area contributed by atoms with Crippen molar-refractivity contribution in [2.75, 3.05) is 5.73 Å². The molecule has 1 aromatic heterocycles. The molecular weight excluding hydrogens is 268 g/mol. The Morgan fingerprint density at radius 3 is 2.81 bits per heavy atom. The van der Waals surface area contributed by atoms with E-state index in [0.29, 0.717) is 12.4 Å². The molecule has 84 valence electrons. The topological polar surface area (TPSA) is 77.8 Å². The lowest BCUT2D eigenvalue weighted by atomic mass is 10.1. The number of rotatable bonds is 2. The predicted octanol–water partition coefficient (Wildman–Crippen LogP) is 1.86. The first-order valence-electron chi connectivity index (χ1n) is 5.03. The van der Waals surface area contributed by atoms with Crippen LogP contribution in [0.1, 0.15) is 12.6 Å². The van der Waals surface area contributed by atoms with Crippen molar-refractivity contribution < 1.29 is 0 Å². The Kier molecular flexibility index (Phi) is 3.07. The van der Waals surface area contributed by atoms with Crippen molar-refractivity contribution in [3.8, 4) is 0 Å². The summed E-state index contributed by atoms with van der Waals surface area (Å²) in [6, 6.07) is 5.90. The van der Waals surface area contributed by atoms with Gasteiger partial charge in [-0.25, -0.2) is 9.97 Å². The Labute approximate surface area is 102 Å². The van der Waals surface area contributed by atoms with E-state index in [0.717, 1.165) is 21.1 Å². The van der Waals surface area contributed by atoms with Crippen LogP contribution in [0, 0.1) is 0 Å². The first kappa shape index (κ1) is 11.3. The van der Waals surface area contributed by atoms with Crippen LogP contribution < -0.4 is 11.5 Å². The van der Waals surface area contributed by atoms with E-state index in [4.69, 9.17) is 11.5 Å². The summed E-state index contributed by atoms with van der Waals surface area (Å²) in [5.74, 6) is 0.297. The fourth-order valence-corrected chi connectivity index (χ4v) is 2.01. The average Bonchev–Trinajstić information content (AvgIpc) is 2.18. The minimum absolute atomic E-state index is 0.0523. The van der Waals surface area contributed by atoms with Gasteiger partial charge in [0.15, 0.2) is 0 Å². The van der Waals surface area contributed by atoms with E-state index in [-0.39, 0.29) is 6.04 Å². The van der Waals surface area contributed by atoms with Crippen LogP contribution in [0.4, 0.5) is 5.95 Å². The number of halogens is 1. The number of benzene rings is 1. The van der Waals surface area contributed by atoms with Gasteiger partial charge in [0.1, 0.15) is 0 Å². The third-order valence-electron chi connectivity index (χ3n) is 2.27. The molecule has 0 aliphatic carbocycles. The van der Waals surface area contributed by atoms with Crippen LogP contribution >= 0.6 is 15.9 Å². The molecule has 0 fully saturated rings. The predicted molar refractivity (Wildman–Crippen MR) is 69.0 cm³/mol. The SMILES string of the molecule is CC(N)Cc1nc(N)nc2ccc(Br)cc12. The Morgan fingerprint density at radius 2 is 2.12 bits per heavy atom. The minimum Gasteiger partial charge on any atom is -0.368 e. The second kappa shape index (κ2) is 4.35. The summed E-state index contributed by atoms with van der Waals surface area (Å²) < 4.78 is 0.999. The van der Waals surface area contributed by atoms with E-state index in [1.807, 2.05) is 25.1 Å². The van der Waals surface area contributed by atoms with E-state index >= 15 is 0 Å². The number of aromatic nitrogens is 2. The lowest BCUT2D eigenvalue weighted by Gasteiger charge is -2.09. The number of hydrogen-bond donors (Lipinski definition) is 2.